The Bertz CT molecular complexity index is 583. The van der Waals surface area contributed by atoms with Crippen molar-refractivity contribution < 1.29 is 9.47 Å². The molecule has 1 aliphatic rings. The number of nitrogens with two attached hydrogens (primary N) is 1. The zero-order chi connectivity index (χ0) is 12.5. The Morgan fingerprint density at radius 3 is 2.78 bits per heavy atom. The molecular weight excluding hydrogens is 250 g/mol. The Morgan fingerprint density at radius 1 is 1.28 bits per heavy atom. The summed E-state index contributed by atoms with van der Waals surface area (Å²) in [7, 11) is 0. The first-order valence-electron chi connectivity index (χ1n) is 5.62. The molecule has 0 radical (unpaired) electrons. The average Bonchev–Trinajstić information content (AvgIpc) is 2.79. The Labute approximate surface area is 109 Å². The van der Waals surface area contributed by atoms with Crippen LogP contribution in [0.15, 0.2) is 18.2 Å². The van der Waals surface area contributed by atoms with E-state index in [0.717, 1.165) is 27.6 Å². The van der Waals surface area contributed by atoms with E-state index in [4.69, 9.17) is 15.3 Å². The zero-order valence-electron chi connectivity index (χ0n) is 9.90. The fourth-order valence-corrected chi connectivity index (χ4v) is 2.66. The monoisotopic (exact) mass is 263 g/mol. The summed E-state index contributed by atoms with van der Waals surface area (Å²) in [6, 6.07) is 5.85. The minimum atomic E-state index is 0.585. The molecule has 0 saturated carbocycles. The second-order valence-corrected chi connectivity index (χ2v) is 5.13. The van der Waals surface area contributed by atoms with E-state index in [1.165, 1.54) is 11.3 Å². The SMILES string of the molecule is Cc1sc(NN)nc1-c1ccc2c(c1)OCCO2. The van der Waals surface area contributed by atoms with Crippen LogP contribution >= 0.6 is 11.3 Å². The second kappa shape index (κ2) is 4.47. The van der Waals surface area contributed by atoms with Gasteiger partial charge in [-0.15, -0.1) is 11.3 Å². The predicted octanol–water partition coefficient (Wildman–Crippen LogP) is 2.18. The van der Waals surface area contributed by atoms with Crippen LogP contribution in [0.5, 0.6) is 11.5 Å². The topological polar surface area (TPSA) is 69.4 Å². The molecule has 6 heteroatoms. The summed E-state index contributed by atoms with van der Waals surface area (Å²) in [5.41, 5.74) is 4.50. The minimum Gasteiger partial charge on any atom is -0.486 e. The van der Waals surface area contributed by atoms with Crippen molar-refractivity contribution in [2.75, 3.05) is 18.6 Å². The van der Waals surface area contributed by atoms with E-state index < -0.39 is 0 Å². The summed E-state index contributed by atoms with van der Waals surface area (Å²) in [5.74, 6) is 6.93. The molecular formula is C12H13N3O2S. The molecule has 0 amide bonds. The molecule has 94 valence electrons. The van der Waals surface area contributed by atoms with Crippen LogP contribution in [-0.4, -0.2) is 18.2 Å². The highest BCUT2D eigenvalue weighted by Gasteiger charge is 2.15. The number of fused-ring (bicyclic) bond motifs is 1. The number of nitrogen functional groups attached to an aromatic ring is 1. The highest BCUT2D eigenvalue weighted by atomic mass is 32.1. The highest BCUT2D eigenvalue weighted by Crippen LogP contribution is 2.37. The van der Waals surface area contributed by atoms with E-state index in [1.807, 2.05) is 25.1 Å². The third-order valence-electron chi connectivity index (χ3n) is 2.74. The molecule has 2 heterocycles. The van der Waals surface area contributed by atoms with Gasteiger partial charge in [-0.05, 0) is 25.1 Å². The van der Waals surface area contributed by atoms with Gasteiger partial charge in [0.25, 0.3) is 0 Å². The standard InChI is InChI=1S/C12H13N3O2S/c1-7-11(14-12(15-13)18-7)8-2-3-9-10(6-8)17-5-4-16-9/h2-3,6H,4-5,13H2,1H3,(H,14,15). The fraction of sp³-hybridized carbons (Fsp3) is 0.250. The van der Waals surface area contributed by atoms with Gasteiger partial charge >= 0.3 is 0 Å². The van der Waals surface area contributed by atoms with Crippen molar-refractivity contribution in [3.8, 4) is 22.8 Å². The molecule has 0 bridgehead atoms. The Hall–Kier alpha value is -1.79. The van der Waals surface area contributed by atoms with Gasteiger partial charge in [0.2, 0.25) is 0 Å². The van der Waals surface area contributed by atoms with E-state index in [-0.39, 0.29) is 0 Å². The normalized spacial score (nSPS) is 13.4. The lowest BCUT2D eigenvalue weighted by Crippen LogP contribution is -2.15. The molecule has 18 heavy (non-hydrogen) atoms. The van der Waals surface area contributed by atoms with Crippen LogP contribution in [0, 0.1) is 6.92 Å². The van der Waals surface area contributed by atoms with E-state index in [9.17, 15) is 0 Å². The van der Waals surface area contributed by atoms with Gasteiger partial charge in [0.15, 0.2) is 16.6 Å². The molecule has 0 atom stereocenters. The number of ether oxygens (including phenoxy) is 2. The van der Waals surface area contributed by atoms with Crippen molar-refractivity contribution in [2.24, 2.45) is 5.84 Å². The summed E-state index contributed by atoms with van der Waals surface area (Å²) in [6.07, 6.45) is 0. The number of hydrogen-bond acceptors (Lipinski definition) is 6. The van der Waals surface area contributed by atoms with Crippen molar-refractivity contribution in [3.63, 3.8) is 0 Å². The maximum Gasteiger partial charge on any atom is 0.197 e. The zero-order valence-corrected chi connectivity index (χ0v) is 10.7. The summed E-state index contributed by atoms with van der Waals surface area (Å²) in [5, 5.41) is 0.706. The number of benzene rings is 1. The lowest BCUT2D eigenvalue weighted by Gasteiger charge is -2.18. The van der Waals surface area contributed by atoms with Crippen molar-refractivity contribution in [3.05, 3.63) is 23.1 Å². The number of aromatic nitrogens is 1. The Balaban J connectivity index is 2.03. The summed E-state index contributed by atoms with van der Waals surface area (Å²) >= 11 is 1.53. The van der Waals surface area contributed by atoms with E-state index >= 15 is 0 Å². The van der Waals surface area contributed by atoms with Gasteiger partial charge in [0.1, 0.15) is 13.2 Å². The molecule has 0 spiro atoms. The van der Waals surface area contributed by atoms with Crippen LogP contribution in [0.3, 0.4) is 0 Å². The van der Waals surface area contributed by atoms with Gasteiger partial charge in [-0.2, -0.15) is 0 Å². The van der Waals surface area contributed by atoms with E-state index in [1.54, 1.807) is 0 Å². The first kappa shape index (κ1) is 11.3. The Kier molecular flexibility index (Phi) is 2.81. The van der Waals surface area contributed by atoms with Gasteiger partial charge in [-0.3, -0.25) is 5.43 Å². The molecule has 0 unspecified atom stereocenters. The smallest absolute Gasteiger partial charge is 0.197 e. The minimum absolute atomic E-state index is 0.585. The molecule has 2 aromatic rings. The van der Waals surface area contributed by atoms with Crippen LogP contribution in [0.1, 0.15) is 4.88 Å². The van der Waals surface area contributed by atoms with Crippen molar-refractivity contribution in [2.45, 2.75) is 6.92 Å². The molecule has 0 fully saturated rings. The van der Waals surface area contributed by atoms with Gasteiger partial charge in [-0.1, -0.05) is 0 Å². The third kappa shape index (κ3) is 1.89. The summed E-state index contributed by atoms with van der Waals surface area (Å²) < 4.78 is 11.1. The molecule has 1 aliphatic heterocycles. The highest BCUT2D eigenvalue weighted by molar-refractivity contribution is 7.15. The number of thiazole rings is 1. The number of anilines is 1. The number of nitrogens with one attached hydrogen (secondary N) is 1. The lowest BCUT2D eigenvalue weighted by atomic mass is 10.1. The Morgan fingerprint density at radius 2 is 2.06 bits per heavy atom. The van der Waals surface area contributed by atoms with Crippen LogP contribution in [0.4, 0.5) is 5.13 Å². The van der Waals surface area contributed by atoms with Crippen molar-refractivity contribution in [1.29, 1.82) is 0 Å². The maximum atomic E-state index is 5.57. The first-order valence-corrected chi connectivity index (χ1v) is 6.43. The van der Waals surface area contributed by atoms with Gasteiger partial charge in [0, 0.05) is 10.4 Å². The number of aryl methyl sites for hydroxylation is 1. The van der Waals surface area contributed by atoms with Gasteiger partial charge < -0.3 is 9.47 Å². The maximum absolute atomic E-state index is 5.57. The summed E-state index contributed by atoms with van der Waals surface area (Å²) in [4.78, 5) is 5.54. The molecule has 1 aromatic heterocycles. The van der Waals surface area contributed by atoms with Crippen molar-refractivity contribution in [1.82, 2.24) is 4.98 Å². The number of hydrazine groups is 1. The van der Waals surface area contributed by atoms with Crippen LogP contribution in [-0.2, 0) is 0 Å². The van der Waals surface area contributed by atoms with Gasteiger partial charge in [-0.25, -0.2) is 10.8 Å². The van der Waals surface area contributed by atoms with Crippen LogP contribution in [0.2, 0.25) is 0 Å². The number of hydrogen-bond donors (Lipinski definition) is 2. The molecule has 3 N–H and O–H groups in total. The lowest BCUT2D eigenvalue weighted by molar-refractivity contribution is 0.171. The predicted molar refractivity (Wildman–Crippen MR) is 71.1 cm³/mol. The molecule has 1 aromatic carbocycles. The summed E-state index contributed by atoms with van der Waals surface area (Å²) in [6.45, 7) is 3.20. The average molecular weight is 263 g/mol. The second-order valence-electron chi connectivity index (χ2n) is 3.93. The van der Waals surface area contributed by atoms with E-state index in [2.05, 4.69) is 10.4 Å². The largest absolute Gasteiger partial charge is 0.486 e. The van der Waals surface area contributed by atoms with E-state index in [0.29, 0.717) is 18.3 Å². The number of nitrogens with zero attached hydrogens (tertiary/aromatic N) is 1. The molecule has 0 aliphatic carbocycles. The molecule has 3 rings (SSSR count). The quantitative estimate of drug-likeness (QED) is 0.642. The molecule has 5 nitrogen and oxygen atoms in total. The fourth-order valence-electron chi connectivity index (χ4n) is 1.92. The van der Waals surface area contributed by atoms with Crippen molar-refractivity contribution >= 4 is 16.5 Å². The number of rotatable bonds is 2. The first-order chi connectivity index (χ1) is 8.78. The third-order valence-corrected chi connectivity index (χ3v) is 3.64. The van der Waals surface area contributed by atoms with Gasteiger partial charge in [0.05, 0.1) is 5.69 Å². The molecule has 0 saturated heterocycles. The van der Waals surface area contributed by atoms with Crippen LogP contribution in [0.25, 0.3) is 11.3 Å². The van der Waals surface area contributed by atoms with Crippen LogP contribution < -0.4 is 20.7 Å².